The van der Waals surface area contributed by atoms with Gasteiger partial charge in [-0.25, -0.2) is 0 Å². The number of rotatable bonds is 14. The van der Waals surface area contributed by atoms with Crippen LogP contribution in [0, 0.1) is 5.92 Å². The van der Waals surface area contributed by atoms with Crippen molar-refractivity contribution in [1.82, 2.24) is 0 Å². The quantitative estimate of drug-likeness (QED) is 0.109. The monoisotopic (exact) mass is 787 g/mol. The number of nitrogens with zero attached hydrogens (tertiary/aromatic N) is 3. The van der Waals surface area contributed by atoms with E-state index in [2.05, 4.69) is 276 Å². The molecule has 0 saturated heterocycles. The van der Waals surface area contributed by atoms with E-state index in [1.54, 1.807) is 0 Å². The Labute approximate surface area is 361 Å². The van der Waals surface area contributed by atoms with Gasteiger partial charge in [0.15, 0.2) is 0 Å². The predicted octanol–water partition coefficient (Wildman–Crippen LogP) is 16.1. The van der Waals surface area contributed by atoms with Crippen LogP contribution in [0.5, 0.6) is 0 Å². The molecule has 0 spiro atoms. The molecule has 0 saturated carbocycles. The second-order valence-corrected chi connectivity index (χ2v) is 15.5. The fourth-order valence-corrected chi connectivity index (χ4v) is 8.59. The highest BCUT2D eigenvalue weighted by Crippen LogP contribution is 2.41. The van der Waals surface area contributed by atoms with E-state index in [0.717, 1.165) is 57.6 Å². The lowest BCUT2D eigenvalue weighted by Gasteiger charge is -2.29. The number of hydrogen-bond donors (Lipinski definition) is 0. The zero-order valence-electron chi connectivity index (χ0n) is 34.5. The topological polar surface area (TPSA) is 9.72 Å². The van der Waals surface area contributed by atoms with Crippen LogP contribution in [0.3, 0.4) is 0 Å². The molecule has 9 rings (SSSR count). The first-order valence-corrected chi connectivity index (χ1v) is 21.2. The van der Waals surface area contributed by atoms with Gasteiger partial charge in [0.25, 0.3) is 0 Å². The molecule has 0 heterocycles. The van der Waals surface area contributed by atoms with Gasteiger partial charge >= 0.3 is 0 Å². The summed E-state index contributed by atoms with van der Waals surface area (Å²) in [5.41, 5.74) is 13.9. The van der Waals surface area contributed by atoms with Crippen LogP contribution < -0.4 is 14.7 Å². The molecule has 0 N–H and O–H groups in total. The summed E-state index contributed by atoms with van der Waals surface area (Å²) in [5.74, 6) is 0.719. The third-order valence-corrected chi connectivity index (χ3v) is 11.4. The molecule has 0 bridgehead atoms. The van der Waals surface area contributed by atoms with E-state index in [1.807, 2.05) is 0 Å². The van der Waals surface area contributed by atoms with E-state index in [4.69, 9.17) is 0 Å². The van der Waals surface area contributed by atoms with Crippen molar-refractivity contribution in [2.75, 3.05) is 14.7 Å². The van der Waals surface area contributed by atoms with Crippen molar-refractivity contribution >= 4 is 51.2 Å². The summed E-state index contributed by atoms with van der Waals surface area (Å²) in [6.45, 7) is 2.38. The van der Waals surface area contributed by atoms with E-state index in [0.29, 0.717) is 11.8 Å². The van der Waals surface area contributed by atoms with Crippen LogP contribution in [-0.2, 0) is 6.42 Å². The lowest BCUT2D eigenvalue weighted by atomic mass is 9.79. The number of para-hydroxylation sites is 4. The van der Waals surface area contributed by atoms with E-state index < -0.39 is 0 Å². The van der Waals surface area contributed by atoms with Gasteiger partial charge in [0.05, 0.1) is 0 Å². The van der Waals surface area contributed by atoms with Gasteiger partial charge in [-0.2, -0.15) is 0 Å². The standard InChI is InChI=1S/C58H49N3/c1-45(58(47-20-8-2-9-21-47)48-22-10-3-11-23-48)44-46-32-34-53(35-33-46)60(51-28-16-6-17-29-51)55-40-42-57(43-41-55)61(52-30-18-7-19-31-52)56-38-36-54(37-39-56)59(49-24-12-4-13-25-49)50-26-14-5-15-27-50/h2-43,45,58H,44H2,1H3. The predicted molar refractivity (Wildman–Crippen MR) is 258 cm³/mol. The minimum absolute atomic E-state index is 0.313. The maximum Gasteiger partial charge on any atom is 0.0463 e. The zero-order valence-corrected chi connectivity index (χ0v) is 34.5. The van der Waals surface area contributed by atoms with Crippen molar-refractivity contribution < 1.29 is 0 Å². The van der Waals surface area contributed by atoms with Crippen LogP contribution >= 0.6 is 0 Å². The lowest BCUT2D eigenvalue weighted by Crippen LogP contribution is -2.14. The third kappa shape index (κ3) is 8.88. The van der Waals surface area contributed by atoms with Crippen molar-refractivity contribution in [2.45, 2.75) is 19.3 Å². The Hall–Kier alpha value is -7.62. The molecule has 1 unspecified atom stereocenters. The Bertz CT molecular complexity index is 2610. The summed E-state index contributed by atoms with van der Waals surface area (Å²) in [4.78, 5) is 6.96. The smallest absolute Gasteiger partial charge is 0.0463 e. The van der Waals surface area contributed by atoms with Gasteiger partial charge in [0.2, 0.25) is 0 Å². The number of benzene rings is 9. The Morgan fingerprint density at radius 1 is 0.262 bits per heavy atom. The highest BCUT2D eigenvalue weighted by Gasteiger charge is 2.22. The van der Waals surface area contributed by atoms with Crippen molar-refractivity contribution in [3.63, 3.8) is 0 Å². The molecule has 0 aromatic heterocycles. The summed E-state index contributed by atoms with van der Waals surface area (Å²) in [6, 6.07) is 91.2. The SMILES string of the molecule is CC(Cc1ccc(N(c2ccccc2)c2ccc(N(c3ccccc3)c3ccc(N(c4ccccc4)c4ccccc4)cc3)cc2)cc1)C(c1ccccc1)c1ccccc1. The molecule has 296 valence electrons. The van der Waals surface area contributed by atoms with Crippen LogP contribution in [-0.4, -0.2) is 0 Å². The van der Waals surface area contributed by atoms with Gasteiger partial charge in [-0.05, 0) is 138 Å². The molecule has 1 atom stereocenters. The lowest BCUT2D eigenvalue weighted by molar-refractivity contribution is 0.509. The minimum atomic E-state index is 0.313. The molecule has 61 heavy (non-hydrogen) atoms. The first-order valence-electron chi connectivity index (χ1n) is 21.2. The van der Waals surface area contributed by atoms with Gasteiger partial charge in [0, 0.05) is 57.1 Å². The van der Waals surface area contributed by atoms with Gasteiger partial charge in [-0.15, -0.1) is 0 Å². The summed E-state index contributed by atoms with van der Waals surface area (Å²) >= 11 is 0. The molecule has 3 heteroatoms. The maximum absolute atomic E-state index is 2.38. The van der Waals surface area contributed by atoms with Gasteiger partial charge in [-0.1, -0.05) is 153 Å². The van der Waals surface area contributed by atoms with Crippen LogP contribution in [0.15, 0.2) is 255 Å². The molecule has 0 fully saturated rings. The van der Waals surface area contributed by atoms with Crippen LogP contribution in [0.4, 0.5) is 51.2 Å². The summed E-state index contributed by atoms with van der Waals surface area (Å²) < 4.78 is 0. The van der Waals surface area contributed by atoms with Crippen molar-refractivity contribution in [3.8, 4) is 0 Å². The van der Waals surface area contributed by atoms with Gasteiger partial charge in [-0.3, -0.25) is 0 Å². The largest absolute Gasteiger partial charge is 0.311 e. The molecule has 9 aromatic carbocycles. The molecule has 3 nitrogen and oxygen atoms in total. The molecule has 9 aromatic rings. The Kier molecular flexibility index (Phi) is 11.8. The zero-order chi connectivity index (χ0) is 41.2. The van der Waals surface area contributed by atoms with E-state index in [1.165, 1.54) is 16.7 Å². The first-order chi connectivity index (χ1) is 30.2. The molecule has 0 aliphatic heterocycles. The van der Waals surface area contributed by atoms with Crippen LogP contribution in [0.1, 0.15) is 29.5 Å². The Morgan fingerprint density at radius 2 is 0.475 bits per heavy atom. The van der Waals surface area contributed by atoms with E-state index >= 15 is 0 Å². The average molecular weight is 788 g/mol. The maximum atomic E-state index is 2.38. The third-order valence-electron chi connectivity index (χ3n) is 11.4. The van der Waals surface area contributed by atoms with Gasteiger partial charge < -0.3 is 14.7 Å². The number of anilines is 9. The van der Waals surface area contributed by atoms with Crippen molar-refractivity contribution in [1.29, 1.82) is 0 Å². The normalized spacial score (nSPS) is 11.5. The first kappa shape index (κ1) is 38.9. The Morgan fingerprint density at radius 3 is 0.738 bits per heavy atom. The minimum Gasteiger partial charge on any atom is -0.311 e. The van der Waals surface area contributed by atoms with Crippen LogP contribution in [0.25, 0.3) is 0 Å². The molecule has 0 aliphatic rings. The van der Waals surface area contributed by atoms with Crippen molar-refractivity contribution in [3.05, 3.63) is 271 Å². The molecular formula is C58H49N3. The summed E-state index contributed by atoms with van der Waals surface area (Å²) in [5, 5.41) is 0. The highest BCUT2D eigenvalue weighted by atomic mass is 15.2. The fraction of sp³-hybridized carbons (Fsp3) is 0.0690. The Balaban J connectivity index is 1.01. The number of hydrogen-bond acceptors (Lipinski definition) is 3. The molecule has 0 aliphatic carbocycles. The molecular weight excluding hydrogens is 739 g/mol. The molecule has 0 radical (unpaired) electrons. The second kappa shape index (κ2) is 18.5. The van der Waals surface area contributed by atoms with Crippen LogP contribution in [0.2, 0.25) is 0 Å². The van der Waals surface area contributed by atoms with E-state index in [9.17, 15) is 0 Å². The van der Waals surface area contributed by atoms with Crippen molar-refractivity contribution in [2.24, 2.45) is 5.92 Å². The average Bonchev–Trinajstić information content (AvgIpc) is 3.33. The van der Waals surface area contributed by atoms with E-state index in [-0.39, 0.29) is 0 Å². The fourth-order valence-electron chi connectivity index (χ4n) is 8.59. The second-order valence-electron chi connectivity index (χ2n) is 15.5. The molecule has 0 amide bonds. The highest BCUT2D eigenvalue weighted by molar-refractivity contribution is 5.83. The summed E-state index contributed by atoms with van der Waals surface area (Å²) in [7, 11) is 0. The van der Waals surface area contributed by atoms with Gasteiger partial charge in [0.1, 0.15) is 0 Å². The summed E-state index contributed by atoms with van der Waals surface area (Å²) in [6.07, 6.45) is 0.974.